The summed E-state index contributed by atoms with van der Waals surface area (Å²) in [6.45, 7) is 6.26. The van der Waals surface area contributed by atoms with Crippen molar-refractivity contribution in [2.75, 3.05) is 19.7 Å². The summed E-state index contributed by atoms with van der Waals surface area (Å²) in [5.74, 6) is 1.65. The number of carboxylic acid groups (broad SMARTS) is 1. The molecule has 4 aliphatic rings. The topological polar surface area (TPSA) is 86.1 Å². The van der Waals surface area contributed by atoms with Crippen LogP contribution in [0.1, 0.15) is 48.1 Å². The first-order valence-corrected chi connectivity index (χ1v) is 12.7. The van der Waals surface area contributed by atoms with E-state index in [1.165, 1.54) is 16.9 Å². The number of hydrogen-bond acceptors (Lipinski definition) is 7. The van der Waals surface area contributed by atoms with E-state index in [2.05, 4.69) is 21.6 Å². The lowest BCUT2D eigenvalue weighted by atomic mass is 9.85. The molecule has 0 spiro atoms. The largest absolute Gasteiger partial charge is 0.477 e. The van der Waals surface area contributed by atoms with E-state index in [4.69, 9.17) is 19.2 Å². The first kappa shape index (κ1) is 21.3. The molecule has 1 N–H and O–H groups in total. The molecule has 2 aromatic heterocycles. The summed E-state index contributed by atoms with van der Waals surface area (Å²) in [5, 5.41) is 9.38. The first-order valence-electron chi connectivity index (χ1n) is 11.8. The number of thiophene rings is 1. The van der Waals surface area contributed by atoms with Crippen molar-refractivity contribution in [1.29, 1.82) is 0 Å². The molecule has 2 unspecified atom stereocenters. The quantitative estimate of drug-likeness (QED) is 0.686. The van der Waals surface area contributed by atoms with Gasteiger partial charge in [0.05, 0.1) is 24.7 Å². The lowest BCUT2D eigenvalue weighted by Gasteiger charge is -2.34. The van der Waals surface area contributed by atoms with Gasteiger partial charge in [-0.05, 0) is 63.3 Å². The van der Waals surface area contributed by atoms with Gasteiger partial charge in [-0.3, -0.25) is 4.90 Å². The normalized spacial score (nSPS) is 28.2. The number of ether oxygens (including phenoxy) is 3. The molecule has 1 aliphatic carbocycles. The van der Waals surface area contributed by atoms with Crippen LogP contribution in [0, 0.1) is 5.92 Å². The summed E-state index contributed by atoms with van der Waals surface area (Å²) in [5.41, 5.74) is 2.23. The van der Waals surface area contributed by atoms with Gasteiger partial charge in [-0.1, -0.05) is 12.2 Å². The van der Waals surface area contributed by atoms with E-state index in [9.17, 15) is 9.90 Å². The number of aromatic carboxylic acids is 1. The molecule has 0 bridgehead atoms. The summed E-state index contributed by atoms with van der Waals surface area (Å²) in [6.07, 6.45) is 8.68. The van der Waals surface area contributed by atoms with Gasteiger partial charge in [0, 0.05) is 6.61 Å². The van der Waals surface area contributed by atoms with Crippen LogP contribution in [-0.4, -0.2) is 63.7 Å². The minimum absolute atomic E-state index is 0.0860. The third-order valence-corrected chi connectivity index (χ3v) is 8.19. The van der Waals surface area contributed by atoms with E-state index in [1.54, 1.807) is 6.07 Å². The number of piperidine rings is 1. The Labute approximate surface area is 196 Å². The fourth-order valence-corrected chi connectivity index (χ4v) is 6.25. The highest BCUT2D eigenvalue weighted by molar-refractivity contribution is 7.20. The second-order valence-corrected chi connectivity index (χ2v) is 10.4. The van der Waals surface area contributed by atoms with Crippen molar-refractivity contribution in [2.45, 2.75) is 64.2 Å². The van der Waals surface area contributed by atoms with Crippen LogP contribution >= 0.6 is 11.3 Å². The Bertz CT molecular complexity index is 1120. The van der Waals surface area contributed by atoms with Crippen molar-refractivity contribution in [1.82, 2.24) is 14.5 Å². The standard InChI is InChI=1S/C24H29N3O5S/c1-14-31-19-4-2-3-17(22(19)32-14)15-5-8-26(9-6-15)13-21-25-23-18(11-20(33-23)24(28)29)27(21)12-16-7-10-30-16/h2-3,11,14-16,19H,4-10,12-13H2,1H3,(H,28,29)/t14?,16-,19?/m0/s1. The molecule has 0 saturated carbocycles. The lowest BCUT2D eigenvalue weighted by molar-refractivity contribution is -0.0592. The molecule has 3 fully saturated rings. The van der Waals surface area contributed by atoms with Crippen molar-refractivity contribution in [3.63, 3.8) is 0 Å². The SMILES string of the molecule is CC1OC2=C(C3CCN(Cc4nc5sc(C(=O)O)cc5n4C[C@@H]4CCO4)CC3)C=CCC2O1. The van der Waals surface area contributed by atoms with Crippen LogP contribution in [0.3, 0.4) is 0 Å². The minimum atomic E-state index is -0.895. The average molecular weight is 472 g/mol. The number of aromatic nitrogens is 2. The Morgan fingerprint density at radius 1 is 1.30 bits per heavy atom. The molecule has 2 aromatic rings. The van der Waals surface area contributed by atoms with Gasteiger partial charge in [0.1, 0.15) is 27.4 Å². The zero-order chi connectivity index (χ0) is 22.5. The van der Waals surface area contributed by atoms with Crippen molar-refractivity contribution in [2.24, 2.45) is 5.92 Å². The third kappa shape index (κ3) is 4.01. The summed E-state index contributed by atoms with van der Waals surface area (Å²) >= 11 is 1.25. The number of nitrogens with zero attached hydrogens (tertiary/aromatic N) is 3. The zero-order valence-electron chi connectivity index (χ0n) is 18.7. The molecule has 0 aromatic carbocycles. The van der Waals surface area contributed by atoms with Crippen molar-refractivity contribution in [3.8, 4) is 0 Å². The van der Waals surface area contributed by atoms with E-state index < -0.39 is 5.97 Å². The van der Waals surface area contributed by atoms with E-state index in [-0.39, 0.29) is 18.5 Å². The average Bonchev–Trinajstić information content (AvgIpc) is 3.43. The maximum Gasteiger partial charge on any atom is 0.346 e. The fraction of sp³-hybridized carbons (Fsp3) is 0.583. The second-order valence-electron chi connectivity index (χ2n) is 9.34. The van der Waals surface area contributed by atoms with Gasteiger partial charge in [-0.2, -0.15) is 0 Å². The Balaban J connectivity index is 1.17. The highest BCUT2D eigenvalue weighted by Crippen LogP contribution is 2.38. The van der Waals surface area contributed by atoms with Crippen LogP contribution in [0.25, 0.3) is 10.3 Å². The minimum Gasteiger partial charge on any atom is -0.477 e. The van der Waals surface area contributed by atoms with E-state index in [0.717, 1.165) is 80.4 Å². The number of allylic oxidation sites excluding steroid dienone is 2. The molecule has 8 nitrogen and oxygen atoms in total. The molecule has 33 heavy (non-hydrogen) atoms. The summed E-state index contributed by atoms with van der Waals surface area (Å²) < 4.78 is 19.7. The molecule has 9 heteroatoms. The van der Waals surface area contributed by atoms with Gasteiger partial charge in [0.15, 0.2) is 6.29 Å². The third-order valence-electron chi connectivity index (χ3n) is 7.18. The monoisotopic (exact) mass is 471 g/mol. The number of likely N-dealkylation sites (tertiary alicyclic amines) is 1. The number of fused-ring (bicyclic) bond motifs is 2. The number of imidazole rings is 1. The van der Waals surface area contributed by atoms with E-state index >= 15 is 0 Å². The van der Waals surface area contributed by atoms with Gasteiger partial charge in [0.25, 0.3) is 0 Å². The molecule has 3 atom stereocenters. The zero-order valence-corrected chi connectivity index (χ0v) is 19.6. The van der Waals surface area contributed by atoms with Crippen LogP contribution < -0.4 is 0 Å². The molecule has 0 amide bonds. The summed E-state index contributed by atoms with van der Waals surface area (Å²) in [4.78, 5) is 19.9. The molecule has 6 rings (SSSR count). The summed E-state index contributed by atoms with van der Waals surface area (Å²) in [7, 11) is 0. The number of hydrogen-bond donors (Lipinski definition) is 1. The van der Waals surface area contributed by atoms with Crippen molar-refractivity contribution in [3.05, 3.63) is 40.3 Å². The first-order chi connectivity index (χ1) is 16.0. The van der Waals surface area contributed by atoms with Crippen LogP contribution in [-0.2, 0) is 27.3 Å². The molecule has 3 saturated heterocycles. The predicted molar refractivity (Wildman–Crippen MR) is 123 cm³/mol. The predicted octanol–water partition coefficient (Wildman–Crippen LogP) is 3.77. The second kappa shape index (κ2) is 8.54. The maximum atomic E-state index is 11.4. The van der Waals surface area contributed by atoms with Crippen molar-refractivity contribution >= 4 is 27.7 Å². The lowest BCUT2D eigenvalue weighted by Crippen LogP contribution is -2.36. The van der Waals surface area contributed by atoms with Crippen LogP contribution in [0.2, 0.25) is 0 Å². The molecule has 5 heterocycles. The van der Waals surface area contributed by atoms with Gasteiger partial charge in [-0.25, -0.2) is 9.78 Å². The van der Waals surface area contributed by atoms with Gasteiger partial charge >= 0.3 is 5.97 Å². The van der Waals surface area contributed by atoms with E-state index in [0.29, 0.717) is 10.8 Å². The van der Waals surface area contributed by atoms with Crippen LogP contribution in [0.4, 0.5) is 0 Å². The highest BCUT2D eigenvalue weighted by Gasteiger charge is 2.35. The molecular weight excluding hydrogens is 442 g/mol. The molecule has 3 aliphatic heterocycles. The Morgan fingerprint density at radius 3 is 2.85 bits per heavy atom. The van der Waals surface area contributed by atoms with Gasteiger partial charge < -0.3 is 23.9 Å². The maximum absolute atomic E-state index is 11.4. The van der Waals surface area contributed by atoms with Gasteiger partial charge in [-0.15, -0.1) is 11.3 Å². The highest BCUT2D eigenvalue weighted by atomic mass is 32.1. The smallest absolute Gasteiger partial charge is 0.346 e. The number of rotatable bonds is 6. The Kier molecular flexibility index (Phi) is 5.52. The van der Waals surface area contributed by atoms with E-state index in [1.807, 2.05) is 6.92 Å². The van der Waals surface area contributed by atoms with Gasteiger partial charge in [0.2, 0.25) is 0 Å². The molecular formula is C24H29N3O5S. The molecule has 0 radical (unpaired) electrons. The van der Waals surface area contributed by atoms with Crippen molar-refractivity contribution < 1.29 is 24.1 Å². The molecule has 176 valence electrons. The Morgan fingerprint density at radius 2 is 2.12 bits per heavy atom. The summed E-state index contributed by atoms with van der Waals surface area (Å²) in [6, 6.07) is 1.76. The fourth-order valence-electron chi connectivity index (χ4n) is 5.36. The number of carbonyl (C=O) groups is 1. The number of carboxylic acids is 1. The van der Waals surface area contributed by atoms with Crippen LogP contribution in [0.5, 0.6) is 0 Å². The Hall–Kier alpha value is -2.20. The van der Waals surface area contributed by atoms with Crippen LogP contribution in [0.15, 0.2) is 29.6 Å².